The molecule has 1 fully saturated rings. The Bertz CT molecular complexity index is 549. The van der Waals surface area contributed by atoms with E-state index < -0.39 is 6.61 Å². The highest BCUT2D eigenvalue weighted by atomic mass is 19.3. The maximum Gasteiger partial charge on any atom is 0.387 e. The molecule has 1 aromatic carbocycles. The Labute approximate surface area is 142 Å². The van der Waals surface area contributed by atoms with E-state index in [1.165, 1.54) is 0 Å². The molecule has 1 aliphatic rings. The smallest absolute Gasteiger partial charge is 0.387 e. The van der Waals surface area contributed by atoms with Crippen LogP contribution in [0.2, 0.25) is 0 Å². The molecule has 2 rings (SSSR count). The number of rotatable bonds is 6. The van der Waals surface area contributed by atoms with Gasteiger partial charge >= 0.3 is 6.61 Å². The maximum atomic E-state index is 13.0. The number of hydrogen-bond acceptors (Lipinski definition) is 3. The van der Waals surface area contributed by atoms with Gasteiger partial charge in [0.05, 0.1) is 0 Å². The molecule has 134 valence electrons. The number of ether oxygens (including phenoxy) is 1. The molecule has 0 radical (unpaired) electrons. The lowest BCUT2D eigenvalue weighted by molar-refractivity contribution is -0.0507. The van der Waals surface area contributed by atoms with Gasteiger partial charge < -0.3 is 15.0 Å². The zero-order valence-corrected chi connectivity index (χ0v) is 14.6. The Morgan fingerprint density at radius 2 is 1.88 bits per heavy atom. The van der Waals surface area contributed by atoms with Crippen molar-refractivity contribution in [1.29, 1.82) is 0 Å². The number of nitrogens with zero attached hydrogens (tertiary/aromatic N) is 1. The average molecular weight is 340 g/mol. The first kappa shape index (κ1) is 18.6. The number of alkyl halides is 2. The van der Waals surface area contributed by atoms with Crippen molar-refractivity contribution in [2.75, 3.05) is 19.6 Å². The number of piperidine rings is 1. The molecule has 1 saturated heterocycles. The summed E-state index contributed by atoms with van der Waals surface area (Å²) in [5.41, 5.74) is 1.65. The molecule has 1 N–H and O–H groups in total. The van der Waals surface area contributed by atoms with Crippen LogP contribution in [0.15, 0.2) is 12.1 Å². The first-order valence-corrected chi connectivity index (χ1v) is 8.51. The number of halogens is 2. The third-order valence-corrected chi connectivity index (χ3v) is 4.39. The fraction of sp³-hybridized carbons (Fsp3) is 0.611. The lowest BCUT2D eigenvalue weighted by Gasteiger charge is -2.35. The number of nitrogens with one attached hydrogen (secondary N) is 1. The minimum absolute atomic E-state index is 0.0291. The summed E-state index contributed by atoms with van der Waals surface area (Å²) in [6, 6.07) is 3.53. The van der Waals surface area contributed by atoms with E-state index in [0.29, 0.717) is 23.2 Å². The van der Waals surface area contributed by atoms with Crippen LogP contribution in [0.1, 0.15) is 47.7 Å². The zero-order chi connectivity index (χ0) is 17.7. The summed E-state index contributed by atoms with van der Waals surface area (Å²) in [6.07, 6.45) is 2.77. The minimum atomic E-state index is -2.87. The number of benzene rings is 1. The predicted molar refractivity (Wildman–Crippen MR) is 89.8 cm³/mol. The van der Waals surface area contributed by atoms with Crippen molar-refractivity contribution in [3.8, 4) is 5.75 Å². The van der Waals surface area contributed by atoms with Crippen molar-refractivity contribution in [1.82, 2.24) is 10.2 Å². The first-order chi connectivity index (χ1) is 11.4. The molecular weight excluding hydrogens is 314 g/mol. The van der Waals surface area contributed by atoms with Gasteiger partial charge in [0, 0.05) is 18.2 Å². The Kier molecular flexibility index (Phi) is 6.54. The Morgan fingerprint density at radius 3 is 2.38 bits per heavy atom. The molecule has 0 spiro atoms. The summed E-state index contributed by atoms with van der Waals surface area (Å²) < 4.78 is 29.6. The van der Waals surface area contributed by atoms with Crippen molar-refractivity contribution in [2.45, 2.75) is 52.7 Å². The van der Waals surface area contributed by atoms with E-state index in [1.54, 1.807) is 26.0 Å². The molecule has 0 aliphatic carbocycles. The van der Waals surface area contributed by atoms with Crippen molar-refractivity contribution >= 4 is 5.91 Å². The third kappa shape index (κ3) is 4.44. The molecular formula is C18H26F2N2O2. The monoisotopic (exact) mass is 340 g/mol. The van der Waals surface area contributed by atoms with Crippen LogP contribution in [0.3, 0.4) is 0 Å². The topological polar surface area (TPSA) is 41.6 Å². The Balaban J connectivity index is 2.25. The van der Waals surface area contributed by atoms with Crippen molar-refractivity contribution in [3.63, 3.8) is 0 Å². The highest BCUT2D eigenvalue weighted by Gasteiger charge is 2.26. The van der Waals surface area contributed by atoms with Gasteiger partial charge in [-0.25, -0.2) is 0 Å². The van der Waals surface area contributed by atoms with Gasteiger partial charge in [-0.3, -0.25) is 4.79 Å². The molecule has 4 nitrogen and oxygen atoms in total. The molecule has 0 unspecified atom stereocenters. The molecule has 0 saturated carbocycles. The van der Waals surface area contributed by atoms with Gasteiger partial charge in [0.15, 0.2) is 0 Å². The SMILES string of the molecule is CCCN(C(=O)c1cc(C)c(OC(F)F)c(C)c1)C1CCNCC1. The van der Waals surface area contributed by atoms with Crippen LogP contribution >= 0.6 is 0 Å². The van der Waals surface area contributed by atoms with Crippen LogP contribution in [-0.4, -0.2) is 43.1 Å². The van der Waals surface area contributed by atoms with Gasteiger partial charge in [0.25, 0.3) is 5.91 Å². The van der Waals surface area contributed by atoms with Gasteiger partial charge in [-0.1, -0.05) is 6.92 Å². The minimum Gasteiger partial charge on any atom is -0.434 e. The van der Waals surface area contributed by atoms with E-state index in [0.717, 1.165) is 32.4 Å². The van der Waals surface area contributed by atoms with Gasteiger partial charge in [0.2, 0.25) is 0 Å². The second kappa shape index (κ2) is 8.42. The standard InChI is InChI=1S/C18H26F2N2O2/c1-4-9-22(15-5-7-21-8-6-15)17(23)14-10-12(2)16(13(3)11-14)24-18(19)20/h10-11,15,18,21H,4-9H2,1-3H3. The predicted octanol–water partition coefficient (Wildman–Crippen LogP) is 3.51. The highest BCUT2D eigenvalue weighted by molar-refractivity contribution is 5.95. The largest absolute Gasteiger partial charge is 0.434 e. The van der Waals surface area contributed by atoms with Gasteiger partial charge in [-0.2, -0.15) is 8.78 Å². The number of amides is 1. The molecule has 1 aromatic rings. The lowest BCUT2D eigenvalue weighted by atomic mass is 10.0. The number of carbonyl (C=O) groups excluding carboxylic acids is 1. The van der Waals surface area contributed by atoms with E-state index in [9.17, 15) is 13.6 Å². The Hall–Kier alpha value is -1.69. The molecule has 1 amide bonds. The van der Waals surface area contributed by atoms with E-state index in [-0.39, 0.29) is 17.7 Å². The summed E-state index contributed by atoms with van der Waals surface area (Å²) in [5.74, 6) is 0.129. The summed E-state index contributed by atoms with van der Waals surface area (Å²) in [6.45, 7) is 5.10. The van der Waals surface area contributed by atoms with Crippen LogP contribution < -0.4 is 10.1 Å². The van der Waals surface area contributed by atoms with Gasteiger partial charge in [-0.15, -0.1) is 0 Å². The Morgan fingerprint density at radius 1 is 1.29 bits per heavy atom. The zero-order valence-electron chi connectivity index (χ0n) is 14.6. The summed E-state index contributed by atoms with van der Waals surface area (Å²) in [5, 5.41) is 3.31. The highest BCUT2D eigenvalue weighted by Crippen LogP contribution is 2.28. The molecule has 0 atom stereocenters. The fourth-order valence-corrected chi connectivity index (χ4v) is 3.32. The van der Waals surface area contributed by atoms with Gasteiger partial charge in [0.1, 0.15) is 5.75 Å². The number of aryl methyl sites for hydroxylation is 2. The van der Waals surface area contributed by atoms with Crippen molar-refractivity contribution in [2.24, 2.45) is 0 Å². The van der Waals surface area contributed by atoms with E-state index in [1.807, 2.05) is 4.90 Å². The summed E-state index contributed by atoms with van der Waals surface area (Å²) in [4.78, 5) is 14.9. The van der Waals surface area contributed by atoms with Crippen LogP contribution in [0.4, 0.5) is 8.78 Å². The van der Waals surface area contributed by atoms with E-state index >= 15 is 0 Å². The van der Waals surface area contributed by atoms with Crippen LogP contribution in [0.25, 0.3) is 0 Å². The normalized spacial score (nSPS) is 15.6. The third-order valence-electron chi connectivity index (χ3n) is 4.39. The number of carbonyl (C=O) groups is 1. The quantitative estimate of drug-likeness (QED) is 0.862. The summed E-state index contributed by atoms with van der Waals surface area (Å²) >= 11 is 0. The van der Waals surface area contributed by atoms with Crippen LogP contribution in [0.5, 0.6) is 5.75 Å². The molecule has 0 aromatic heterocycles. The van der Waals surface area contributed by atoms with Crippen molar-refractivity contribution in [3.05, 3.63) is 28.8 Å². The van der Waals surface area contributed by atoms with Crippen LogP contribution in [0, 0.1) is 13.8 Å². The van der Waals surface area contributed by atoms with Crippen molar-refractivity contribution < 1.29 is 18.3 Å². The molecule has 6 heteroatoms. The second-order valence-corrected chi connectivity index (χ2v) is 6.30. The lowest BCUT2D eigenvalue weighted by Crippen LogP contribution is -2.46. The summed E-state index contributed by atoms with van der Waals surface area (Å²) in [7, 11) is 0. The first-order valence-electron chi connectivity index (χ1n) is 8.51. The second-order valence-electron chi connectivity index (χ2n) is 6.30. The van der Waals surface area contributed by atoms with Gasteiger partial charge in [-0.05, 0) is 69.5 Å². The average Bonchev–Trinajstić information content (AvgIpc) is 2.55. The molecule has 1 aliphatic heterocycles. The molecule has 1 heterocycles. The molecule has 0 bridgehead atoms. The maximum absolute atomic E-state index is 13.0. The van der Waals surface area contributed by atoms with Crippen LogP contribution in [-0.2, 0) is 0 Å². The number of hydrogen-bond donors (Lipinski definition) is 1. The molecule has 24 heavy (non-hydrogen) atoms. The van der Waals surface area contributed by atoms with E-state index in [2.05, 4.69) is 17.0 Å². The van der Waals surface area contributed by atoms with E-state index in [4.69, 9.17) is 0 Å². The fourth-order valence-electron chi connectivity index (χ4n) is 3.32.